The van der Waals surface area contributed by atoms with Gasteiger partial charge in [-0.15, -0.1) is 24.5 Å². The number of hydrogen-bond donors (Lipinski definition) is 0. The number of carbonyl (C=O) groups excluding carboxylic acids is 1. The summed E-state index contributed by atoms with van der Waals surface area (Å²) < 4.78 is 94.1. The molecule has 0 fully saturated rings. The van der Waals surface area contributed by atoms with E-state index in [0.717, 1.165) is 42.2 Å². The number of hydrogen-bond acceptors (Lipinski definition) is 5. The molecule has 0 saturated heterocycles. The van der Waals surface area contributed by atoms with E-state index in [4.69, 9.17) is 4.74 Å². The summed E-state index contributed by atoms with van der Waals surface area (Å²) in [6, 6.07) is 11.0. The molecule has 3 aromatic rings. The molecule has 1 heterocycles. The minimum atomic E-state index is -4.87. The van der Waals surface area contributed by atoms with Crippen molar-refractivity contribution in [2.45, 2.75) is 45.1 Å². The van der Waals surface area contributed by atoms with Gasteiger partial charge in [0.25, 0.3) is 0 Å². The second kappa shape index (κ2) is 12.6. The van der Waals surface area contributed by atoms with Crippen molar-refractivity contribution >= 4 is 27.4 Å². The molecule has 1 atom stereocenters. The van der Waals surface area contributed by atoms with E-state index in [2.05, 4.69) is 16.1 Å². The number of unbranched alkanes of at least 4 members (excludes halogenated alkanes) is 2. The fourth-order valence-corrected chi connectivity index (χ4v) is 4.74. The molecule has 0 aliphatic rings. The Balaban J connectivity index is 1.83. The van der Waals surface area contributed by atoms with Crippen LogP contribution in [0.4, 0.5) is 26.3 Å². The SMILES string of the molecule is C=CC(=O)OCC(COc1ccc2cc(-c3ccc(CCCCC)cc3OC(F)(F)F)sc2c1)C(F)(F)F. The first-order valence-corrected chi connectivity index (χ1v) is 12.6. The van der Waals surface area contributed by atoms with Gasteiger partial charge in [0.2, 0.25) is 0 Å². The van der Waals surface area contributed by atoms with Crippen molar-refractivity contribution < 1.29 is 45.3 Å². The molecule has 0 saturated carbocycles. The number of alkyl halides is 6. The Hall–Kier alpha value is -3.21. The molecule has 1 unspecified atom stereocenters. The second-order valence-electron chi connectivity index (χ2n) is 8.53. The quantitative estimate of drug-likeness (QED) is 0.0965. The normalized spacial score (nSPS) is 12.8. The van der Waals surface area contributed by atoms with Crippen molar-refractivity contribution in [1.82, 2.24) is 0 Å². The van der Waals surface area contributed by atoms with Gasteiger partial charge in [0.05, 0.1) is 0 Å². The zero-order chi connectivity index (χ0) is 27.9. The largest absolute Gasteiger partial charge is 0.573 e. The van der Waals surface area contributed by atoms with E-state index in [1.54, 1.807) is 24.3 Å². The molecular weight excluding hydrogens is 534 g/mol. The highest BCUT2D eigenvalue weighted by atomic mass is 32.1. The number of ether oxygens (including phenoxy) is 3. The summed E-state index contributed by atoms with van der Waals surface area (Å²) in [7, 11) is 0. The van der Waals surface area contributed by atoms with Crippen LogP contribution < -0.4 is 9.47 Å². The van der Waals surface area contributed by atoms with Crippen LogP contribution in [0.15, 0.2) is 55.1 Å². The van der Waals surface area contributed by atoms with Gasteiger partial charge in [-0.2, -0.15) is 13.2 Å². The number of carbonyl (C=O) groups is 1. The number of thiophene rings is 1. The summed E-state index contributed by atoms with van der Waals surface area (Å²) in [6.45, 7) is 3.46. The average Bonchev–Trinajstić information content (AvgIpc) is 3.25. The molecule has 3 rings (SSSR count). The third-order valence-electron chi connectivity index (χ3n) is 5.61. The zero-order valence-electron chi connectivity index (χ0n) is 20.5. The monoisotopic (exact) mass is 560 g/mol. The van der Waals surface area contributed by atoms with Crippen molar-refractivity contribution in [2.75, 3.05) is 13.2 Å². The number of esters is 1. The predicted molar refractivity (Wildman–Crippen MR) is 133 cm³/mol. The van der Waals surface area contributed by atoms with Crippen LogP contribution in [0.5, 0.6) is 11.5 Å². The average molecular weight is 561 g/mol. The molecular formula is C27H26F6O4S. The fourth-order valence-electron chi connectivity index (χ4n) is 3.62. The van der Waals surface area contributed by atoms with Gasteiger partial charge in [-0.05, 0) is 60.2 Å². The van der Waals surface area contributed by atoms with E-state index in [9.17, 15) is 31.1 Å². The molecule has 11 heteroatoms. The molecule has 0 bridgehead atoms. The molecule has 0 N–H and O–H groups in total. The summed E-state index contributed by atoms with van der Waals surface area (Å²) in [5.74, 6) is -3.21. The van der Waals surface area contributed by atoms with Crippen molar-refractivity contribution in [3.8, 4) is 21.9 Å². The molecule has 0 aliphatic carbocycles. The molecule has 0 amide bonds. The number of rotatable bonds is 12. The first-order valence-electron chi connectivity index (χ1n) is 11.8. The topological polar surface area (TPSA) is 44.8 Å². The first-order chi connectivity index (χ1) is 17.9. The van der Waals surface area contributed by atoms with Crippen LogP contribution in [0.25, 0.3) is 20.5 Å². The Morgan fingerprint density at radius 2 is 1.79 bits per heavy atom. The van der Waals surface area contributed by atoms with Crippen molar-refractivity contribution in [2.24, 2.45) is 5.92 Å². The number of aryl methyl sites for hydroxylation is 1. The van der Waals surface area contributed by atoms with Gasteiger partial charge in [0.1, 0.15) is 30.6 Å². The molecule has 1 aromatic heterocycles. The summed E-state index contributed by atoms with van der Waals surface area (Å²) in [5.41, 5.74) is 0.989. The van der Waals surface area contributed by atoms with Gasteiger partial charge < -0.3 is 14.2 Å². The van der Waals surface area contributed by atoms with Crippen LogP contribution >= 0.6 is 11.3 Å². The highest BCUT2D eigenvalue weighted by Gasteiger charge is 2.41. The van der Waals surface area contributed by atoms with Crippen LogP contribution in [0.1, 0.15) is 31.7 Å². The van der Waals surface area contributed by atoms with Crippen LogP contribution in [0.3, 0.4) is 0 Å². The molecule has 0 radical (unpaired) electrons. The van der Waals surface area contributed by atoms with Gasteiger partial charge in [-0.25, -0.2) is 4.79 Å². The lowest BCUT2D eigenvalue weighted by Gasteiger charge is -2.20. The van der Waals surface area contributed by atoms with Gasteiger partial charge in [-0.1, -0.05) is 32.4 Å². The van der Waals surface area contributed by atoms with Gasteiger partial charge in [-0.3, -0.25) is 0 Å². The maximum atomic E-state index is 13.3. The van der Waals surface area contributed by atoms with E-state index in [1.807, 2.05) is 6.92 Å². The van der Waals surface area contributed by atoms with Crippen molar-refractivity contribution in [3.05, 3.63) is 60.7 Å². The van der Waals surface area contributed by atoms with Crippen molar-refractivity contribution in [3.63, 3.8) is 0 Å². The summed E-state index contributed by atoms with van der Waals surface area (Å²) in [4.78, 5) is 11.6. The van der Waals surface area contributed by atoms with Crippen LogP contribution in [-0.2, 0) is 16.0 Å². The number of halogens is 6. The Bertz CT molecular complexity index is 1250. The fraction of sp³-hybridized carbons (Fsp3) is 0.370. The third kappa shape index (κ3) is 8.41. The lowest BCUT2D eigenvalue weighted by Crippen LogP contribution is -2.33. The first kappa shape index (κ1) is 29.3. The Morgan fingerprint density at radius 3 is 2.45 bits per heavy atom. The Labute approximate surface area is 219 Å². The van der Waals surface area contributed by atoms with E-state index < -0.39 is 37.6 Å². The van der Waals surface area contributed by atoms with E-state index >= 15 is 0 Å². The van der Waals surface area contributed by atoms with E-state index in [0.29, 0.717) is 21.4 Å². The zero-order valence-corrected chi connectivity index (χ0v) is 21.3. The maximum absolute atomic E-state index is 13.3. The third-order valence-corrected chi connectivity index (χ3v) is 6.74. The summed E-state index contributed by atoms with van der Waals surface area (Å²) >= 11 is 1.16. The Morgan fingerprint density at radius 1 is 1.03 bits per heavy atom. The highest BCUT2D eigenvalue weighted by Crippen LogP contribution is 2.41. The minimum Gasteiger partial charge on any atom is -0.493 e. The molecule has 4 nitrogen and oxygen atoms in total. The molecule has 2 aromatic carbocycles. The van der Waals surface area contributed by atoms with Gasteiger partial charge in [0, 0.05) is 21.2 Å². The highest BCUT2D eigenvalue weighted by molar-refractivity contribution is 7.22. The van der Waals surface area contributed by atoms with Crippen LogP contribution in [0.2, 0.25) is 0 Å². The lowest BCUT2D eigenvalue weighted by molar-refractivity contribution is -0.274. The second-order valence-corrected chi connectivity index (χ2v) is 9.61. The standard InChI is InChI=1S/C27H26F6O4S/c1-3-5-6-7-17-8-11-21(22(12-17)37-27(31,32)33)24-13-18-9-10-20(14-23(18)38-24)35-15-19(26(28,29)30)16-36-25(34)4-2/h4,8-14,19H,2-3,5-7,15-16H2,1H3. The lowest BCUT2D eigenvalue weighted by atomic mass is 10.0. The molecule has 0 spiro atoms. The Kier molecular flexibility index (Phi) is 9.70. The van der Waals surface area contributed by atoms with E-state index in [1.165, 1.54) is 18.2 Å². The summed E-state index contributed by atoms with van der Waals surface area (Å²) in [5, 5.41) is 0.676. The number of fused-ring (bicyclic) bond motifs is 1. The van der Waals surface area contributed by atoms with Gasteiger partial charge in [0.15, 0.2) is 0 Å². The van der Waals surface area contributed by atoms with Crippen LogP contribution in [-0.4, -0.2) is 31.7 Å². The molecule has 206 valence electrons. The molecule has 38 heavy (non-hydrogen) atoms. The minimum absolute atomic E-state index is 0.133. The van der Waals surface area contributed by atoms with Crippen LogP contribution in [0, 0.1) is 5.92 Å². The molecule has 0 aliphatic heterocycles. The van der Waals surface area contributed by atoms with Crippen molar-refractivity contribution in [1.29, 1.82) is 0 Å². The smallest absolute Gasteiger partial charge is 0.493 e. The summed E-state index contributed by atoms with van der Waals surface area (Å²) in [6.07, 6.45) is -5.36. The van der Waals surface area contributed by atoms with E-state index in [-0.39, 0.29) is 17.1 Å². The maximum Gasteiger partial charge on any atom is 0.573 e. The number of benzene rings is 2. The van der Waals surface area contributed by atoms with Gasteiger partial charge >= 0.3 is 18.5 Å². The predicted octanol–water partition coefficient (Wildman–Crippen LogP) is 8.49.